The lowest BCUT2D eigenvalue weighted by molar-refractivity contribution is 0.329. The van der Waals surface area contributed by atoms with Crippen molar-refractivity contribution in [2.45, 2.75) is 13.3 Å². The van der Waals surface area contributed by atoms with Gasteiger partial charge in [0.1, 0.15) is 5.75 Å². The van der Waals surface area contributed by atoms with Crippen LogP contribution in [0.1, 0.15) is 18.9 Å². The molecule has 0 bridgehead atoms. The summed E-state index contributed by atoms with van der Waals surface area (Å²) in [4.78, 5) is 0. The Balaban J connectivity index is 3.06. The molecule has 0 atom stereocenters. The first-order valence-electron chi connectivity index (χ1n) is 4.85. The molecule has 0 heterocycles. The van der Waals surface area contributed by atoms with Crippen molar-refractivity contribution < 1.29 is 9.84 Å². The molecule has 0 aromatic heterocycles. The fraction of sp³-hybridized carbons (Fsp3) is 0.333. The average molecular weight is 271 g/mol. The summed E-state index contributed by atoms with van der Waals surface area (Å²) >= 11 is 3.46. The van der Waals surface area contributed by atoms with Gasteiger partial charge in [-0.3, -0.25) is 0 Å². The smallest absolute Gasteiger partial charge is 0.119 e. The normalized spacial score (nSPS) is 11.6. The molecule has 0 aliphatic carbocycles. The first-order chi connectivity index (χ1) is 7.21. The first-order valence-corrected chi connectivity index (χ1v) is 5.64. The minimum atomic E-state index is 0.0974. The van der Waals surface area contributed by atoms with Crippen molar-refractivity contribution in [3.63, 3.8) is 0 Å². The molecule has 0 saturated heterocycles. The van der Waals surface area contributed by atoms with Crippen molar-refractivity contribution in [1.82, 2.24) is 0 Å². The summed E-state index contributed by atoms with van der Waals surface area (Å²) in [6.45, 7) is 2.12. The van der Waals surface area contributed by atoms with Crippen LogP contribution in [0, 0.1) is 0 Å². The van der Waals surface area contributed by atoms with Crippen LogP contribution in [-0.2, 0) is 0 Å². The van der Waals surface area contributed by atoms with Gasteiger partial charge in [-0.15, -0.1) is 0 Å². The molecule has 0 amide bonds. The predicted octanol–water partition coefficient (Wildman–Crippen LogP) is 3.24. The van der Waals surface area contributed by atoms with E-state index in [-0.39, 0.29) is 6.61 Å². The molecule has 0 aliphatic heterocycles. The average Bonchev–Trinajstić information content (AvgIpc) is 2.28. The van der Waals surface area contributed by atoms with Crippen molar-refractivity contribution in [2.24, 2.45) is 0 Å². The fourth-order valence-electron chi connectivity index (χ4n) is 1.24. The lowest BCUT2D eigenvalue weighted by Gasteiger charge is -2.05. The van der Waals surface area contributed by atoms with E-state index in [1.807, 2.05) is 31.2 Å². The summed E-state index contributed by atoms with van der Waals surface area (Å²) in [7, 11) is 1.64. The Hall–Kier alpha value is -0.800. The quantitative estimate of drug-likeness (QED) is 0.910. The van der Waals surface area contributed by atoms with Crippen LogP contribution in [0.15, 0.2) is 28.2 Å². The van der Waals surface area contributed by atoms with Crippen molar-refractivity contribution in [3.05, 3.63) is 33.8 Å². The molecule has 82 valence electrons. The van der Waals surface area contributed by atoms with Gasteiger partial charge in [0.15, 0.2) is 0 Å². The van der Waals surface area contributed by atoms with Crippen LogP contribution in [0.3, 0.4) is 0 Å². The molecule has 15 heavy (non-hydrogen) atoms. The number of hydrogen-bond acceptors (Lipinski definition) is 2. The second-order valence-electron chi connectivity index (χ2n) is 3.20. The Morgan fingerprint density at radius 3 is 2.80 bits per heavy atom. The molecule has 1 rings (SSSR count). The largest absolute Gasteiger partial charge is 0.497 e. The number of aliphatic hydroxyl groups is 1. The van der Waals surface area contributed by atoms with Crippen LogP contribution < -0.4 is 4.74 Å². The summed E-state index contributed by atoms with van der Waals surface area (Å²) in [5, 5.41) is 9.09. The van der Waals surface area contributed by atoms with Crippen molar-refractivity contribution in [2.75, 3.05) is 13.7 Å². The highest BCUT2D eigenvalue weighted by Crippen LogP contribution is 2.25. The van der Waals surface area contributed by atoms with E-state index < -0.39 is 0 Å². The van der Waals surface area contributed by atoms with E-state index in [1.54, 1.807) is 7.11 Å². The van der Waals surface area contributed by atoms with Gasteiger partial charge in [0.25, 0.3) is 0 Å². The van der Waals surface area contributed by atoms with Crippen molar-refractivity contribution >= 4 is 22.0 Å². The molecule has 3 heteroatoms. The number of halogens is 1. The molecular weight excluding hydrogens is 256 g/mol. The third-order valence-corrected chi connectivity index (χ3v) is 2.94. The van der Waals surface area contributed by atoms with Gasteiger partial charge in [0.05, 0.1) is 13.7 Å². The SMILES string of the molecule is CC/C(=C/c1cc(OC)ccc1Br)CO. The molecule has 0 aliphatic rings. The number of benzene rings is 1. The van der Waals surface area contributed by atoms with E-state index in [0.29, 0.717) is 0 Å². The highest BCUT2D eigenvalue weighted by Gasteiger charge is 2.01. The number of methoxy groups -OCH3 is 1. The zero-order valence-electron chi connectivity index (χ0n) is 8.96. The summed E-state index contributed by atoms with van der Waals surface area (Å²) in [5.74, 6) is 0.817. The lowest BCUT2D eigenvalue weighted by Crippen LogP contribution is -1.89. The zero-order valence-corrected chi connectivity index (χ0v) is 10.5. The highest BCUT2D eigenvalue weighted by molar-refractivity contribution is 9.10. The van der Waals surface area contributed by atoms with Crippen molar-refractivity contribution in [1.29, 1.82) is 0 Å². The van der Waals surface area contributed by atoms with E-state index in [4.69, 9.17) is 9.84 Å². The maximum Gasteiger partial charge on any atom is 0.119 e. The fourth-order valence-corrected chi connectivity index (χ4v) is 1.60. The first kappa shape index (κ1) is 12.3. The molecule has 0 unspecified atom stereocenters. The van der Waals surface area contributed by atoms with E-state index in [1.165, 1.54) is 0 Å². The molecule has 1 aromatic carbocycles. The van der Waals surface area contributed by atoms with Crippen LogP contribution >= 0.6 is 15.9 Å². The minimum Gasteiger partial charge on any atom is -0.497 e. The van der Waals surface area contributed by atoms with Gasteiger partial charge < -0.3 is 9.84 Å². The second-order valence-corrected chi connectivity index (χ2v) is 4.06. The van der Waals surface area contributed by atoms with Crippen LogP contribution in [0.4, 0.5) is 0 Å². The summed E-state index contributed by atoms with van der Waals surface area (Å²) in [5.41, 5.74) is 2.03. The Kier molecular flexibility index (Phi) is 4.85. The van der Waals surface area contributed by atoms with Gasteiger partial charge in [0.2, 0.25) is 0 Å². The number of hydrogen-bond donors (Lipinski definition) is 1. The number of aliphatic hydroxyl groups excluding tert-OH is 1. The third-order valence-electron chi connectivity index (χ3n) is 2.22. The Morgan fingerprint density at radius 1 is 1.53 bits per heavy atom. The molecular formula is C12H15BrO2. The standard InChI is InChI=1S/C12H15BrO2/c1-3-9(8-14)6-10-7-11(15-2)4-5-12(10)13/h4-7,14H,3,8H2,1-2H3/b9-6-. The summed E-state index contributed by atoms with van der Waals surface area (Å²) < 4.78 is 6.15. The Labute approximate surface area is 98.7 Å². The van der Waals surface area contributed by atoms with Crippen LogP contribution in [-0.4, -0.2) is 18.8 Å². The number of rotatable bonds is 4. The summed E-state index contributed by atoms with van der Waals surface area (Å²) in [6, 6.07) is 5.77. The Morgan fingerprint density at radius 2 is 2.27 bits per heavy atom. The van der Waals surface area contributed by atoms with Gasteiger partial charge in [0, 0.05) is 4.47 Å². The van der Waals surface area contributed by atoms with E-state index in [9.17, 15) is 0 Å². The molecule has 0 radical (unpaired) electrons. The minimum absolute atomic E-state index is 0.0974. The van der Waals surface area contributed by atoms with Crippen LogP contribution in [0.2, 0.25) is 0 Å². The molecule has 2 nitrogen and oxygen atoms in total. The van der Waals surface area contributed by atoms with Gasteiger partial charge in [-0.2, -0.15) is 0 Å². The molecule has 1 aromatic rings. The second kappa shape index (κ2) is 5.93. The van der Waals surface area contributed by atoms with Gasteiger partial charge in [-0.05, 0) is 35.8 Å². The van der Waals surface area contributed by atoms with E-state index >= 15 is 0 Å². The van der Waals surface area contributed by atoms with Gasteiger partial charge in [-0.25, -0.2) is 0 Å². The van der Waals surface area contributed by atoms with Crippen LogP contribution in [0.5, 0.6) is 5.75 Å². The van der Waals surface area contributed by atoms with Crippen molar-refractivity contribution in [3.8, 4) is 5.75 Å². The lowest BCUT2D eigenvalue weighted by atomic mass is 10.1. The molecule has 1 N–H and O–H groups in total. The molecule has 0 fully saturated rings. The van der Waals surface area contributed by atoms with E-state index in [0.717, 1.165) is 27.8 Å². The zero-order chi connectivity index (χ0) is 11.3. The maximum absolute atomic E-state index is 9.09. The topological polar surface area (TPSA) is 29.5 Å². The summed E-state index contributed by atoms with van der Waals surface area (Å²) in [6.07, 6.45) is 2.83. The van der Waals surface area contributed by atoms with E-state index in [2.05, 4.69) is 15.9 Å². The highest BCUT2D eigenvalue weighted by atomic mass is 79.9. The Bertz CT molecular complexity index is 353. The third kappa shape index (κ3) is 3.36. The monoisotopic (exact) mass is 270 g/mol. The predicted molar refractivity (Wildman–Crippen MR) is 66.0 cm³/mol. The van der Waals surface area contributed by atoms with Gasteiger partial charge >= 0.3 is 0 Å². The van der Waals surface area contributed by atoms with Gasteiger partial charge in [-0.1, -0.05) is 28.9 Å². The van der Waals surface area contributed by atoms with Crippen LogP contribution in [0.25, 0.3) is 6.08 Å². The maximum atomic E-state index is 9.09. The number of ether oxygens (including phenoxy) is 1. The molecule has 0 saturated carbocycles. The molecule has 0 spiro atoms.